The molecule has 6 heteroatoms. The fourth-order valence-corrected chi connectivity index (χ4v) is 3.13. The maximum atomic E-state index is 6.41. The van der Waals surface area contributed by atoms with E-state index in [9.17, 15) is 0 Å². The Morgan fingerprint density at radius 2 is 0.789 bits per heavy atom. The van der Waals surface area contributed by atoms with Gasteiger partial charge in [-0.2, -0.15) is 0 Å². The molecule has 0 spiro atoms. The van der Waals surface area contributed by atoms with Crippen molar-refractivity contribution in [2.45, 2.75) is 4.33 Å². The zero-order valence-electron chi connectivity index (χ0n) is 9.23. The van der Waals surface area contributed by atoms with Crippen LogP contribution in [0.4, 0.5) is 0 Å². The van der Waals surface area contributed by atoms with Crippen LogP contribution < -0.4 is 0 Å². The molecule has 0 aliphatic rings. The van der Waals surface area contributed by atoms with Crippen LogP contribution in [0.3, 0.4) is 0 Å². The molecule has 0 amide bonds. The van der Waals surface area contributed by atoms with Crippen LogP contribution in [-0.2, 0) is 4.33 Å². The second-order valence-corrected chi connectivity index (χ2v) is 6.96. The van der Waals surface area contributed by atoms with Crippen LogP contribution in [-0.4, -0.2) is 0 Å². The maximum Gasteiger partial charge on any atom is 0.168 e. The van der Waals surface area contributed by atoms with Gasteiger partial charge in [0, 0.05) is 20.1 Å². The summed E-state index contributed by atoms with van der Waals surface area (Å²) in [5.41, 5.74) is 1.10. The van der Waals surface area contributed by atoms with Gasteiger partial charge in [-0.05, 0) is 47.5 Å². The molecule has 0 bridgehead atoms. The Bertz CT molecular complexity index is 527. The number of halogens is 6. The summed E-state index contributed by atoms with van der Waals surface area (Å²) < 4.78 is -1.34. The first-order chi connectivity index (χ1) is 8.79. The number of alkyl halides is 2. The molecule has 0 aliphatic heterocycles. The lowest BCUT2D eigenvalue weighted by Crippen LogP contribution is -2.12. The van der Waals surface area contributed by atoms with Crippen molar-refractivity contribution in [3.63, 3.8) is 0 Å². The minimum atomic E-state index is -1.34. The Kier molecular flexibility index (Phi) is 4.83. The molecule has 2 aromatic carbocycles. The molecule has 0 atom stereocenters. The molecule has 0 saturated heterocycles. The van der Waals surface area contributed by atoms with Crippen molar-refractivity contribution in [1.29, 1.82) is 0 Å². The Morgan fingerprint density at radius 3 is 1.05 bits per heavy atom. The van der Waals surface area contributed by atoms with Crippen molar-refractivity contribution in [3.05, 3.63) is 67.6 Å². The largest absolute Gasteiger partial charge is 0.168 e. The van der Waals surface area contributed by atoms with Crippen LogP contribution in [0.25, 0.3) is 0 Å². The van der Waals surface area contributed by atoms with Gasteiger partial charge in [0.05, 0.1) is 0 Å². The molecule has 100 valence electrons. The lowest BCUT2D eigenvalue weighted by Gasteiger charge is -2.21. The third kappa shape index (κ3) is 3.64. The average Bonchev–Trinajstić information content (AvgIpc) is 2.26. The van der Waals surface area contributed by atoms with Crippen LogP contribution in [0.15, 0.2) is 36.4 Å². The van der Waals surface area contributed by atoms with Crippen LogP contribution >= 0.6 is 69.6 Å². The molecule has 0 fully saturated rings. The van der Waals surface area contributed by atoms with E-state index in [0.29, 0.717) is 31.2 Å². The van der Waals surface area contributed by atoms with Crippen molar-refractivity contribution < 1.29 is 0 Å². The molecular weight excluding hydrogens is 369 g/mol. The van der Waals surface area contributed by atoms with Gasteiger partial charge in [-0.15, -0.1) is 0 Å². The van der Waals surface area contributed by atoms with E-state index in [1.165, 1.54) is 0 Å². The number of hydrogen-bond donors (Lipinski definition) is 0. The van der Waals surface area contributed by atoms with E-state index >= 15 is 0 Å². The molecule has 2 aromatic rings. The number of benzene rings is 2. The van der Waals surface area contributed by atoms with Gasteiger partial charge in [-0.3, -0.25) is 0 Å². The molecule has 0 N–H and O–H groups in total. The first-order valence-electron chi connectivity index (χ1n) is 5.10. The fraction of sp³-hybridized carbons (Fsp3) is 0.0769. The molecule has 0 radical (unpaired) electrons. The topological polar surface area (TPSA) is 0 Å². The van der Waals surface area contributed by atoms with Gasteiger partial charge in [0.1, 0.15) is 0 Å². The summed E-state index contributed by atoms with van der Waals surface area (Å²) in [7, 11) is 0. The van der Waals surface area contributed by atoms with Crippen molar-refractivity contribution in [2.24, 2.45) is 0 Å². The molecule has 0 saturated carbocycles. The van der Waals surface area contributed by atoms with Crippen molar-refractivity contribution in [2.75, 3.05) is 0 Å². The zero-order valence-corrected chi connectivity index (χ0v) is 13.8. The minimum Gasteiger partial charge on any atom is -0.0909 e. The van der Waals surface area contributed by atoms with Gasteiger partial charge >= 0.3 is 0 Å². The summed E-state index contributed by atoms with van der Waals surface area (Å²) in [6.07, 6.45) is 0. The van der Waals surface area contributed by atoms with E-state index < -0.39 is 4.33 Å². The van der Waals surface area contributed by atoms with Gasteiger partial charge in [0.15, 0.2) is 4.33 Å². The molecule has 0 unspecified atom stereocenters. The third-order valence-electron chi connectivity index (χ3n) is 2.45. The summed E-state index contributed by atoms with van der Waals surface area (Å²) in [6, 6.07) is 9.76. The molecule has 0 aromatic heterocycles. The maximum absolute atomic E-state index is 6.41. The first kappa shape index (κ1) is 15.6. The molecule has 0 heterocycles. The monoisotopic (exact) mass is 372 g/mol. The standard InChI is InChI=1S/C13H6Cl6/c14-9-1-7(2-10(15)5-9)13(18,19)8-3-11(16)6-12(17)4-8/h1-6H. The first-order valence-corrected chi connectivity index (χ1v) is 7.37. The smallest absolute Gasteiger partial charge is 0.0909 e. The second kappa shape index (κ2) is 5.89. The highest BCUT2D eigenvalue weighted by atomic mass is 35.5. The highest BCUT2D eigenvalue weighted by Gasteiger charge is 2.30. The molecular formula is C13H6Cl6. The predicted molar refractivity (Wildman–Crippen MR) is 85.4 cm³/mol. The lowest BCUT2D eigenvalue weighted by atomic mass is 10.0. The highest BCUT2D eigenvalue weighted by molar-refractivity contribution is 6.50. The van der Waals surface area contributed by atoms with Crippen LogP contribution in [0.1, 0.15) is 11.1 Å². The van der Waals surface area contributed by atoms with E-state index in [-0.39, 0.29) is 0 Å². The van der Waals surface area contributed by atoms with Crippen molar-refractivity contribution in [1.82, 2.24) is 0 Å². The lowest BCUT2D eigenvalue weighted by molar-refractivity contribution is 1.04. The van der Waals surface area contributed by atoms with Crippen LogP contribution in [0.5, 0.6) is 0 Å². The summed E-state index contributed by atoms with van der Waals surface area (Å²) >= 11 is 36.6. The van der Waals surface area contributed by atoms with E-state index in [0.717, 1.165) is 0 Å². The summed E-state index contributed by atoms with van der Waals surface area (Å²) in [4.78, 5) is 0. The summed E-state index contributed by atoms with van der Waals surface area (Å²) in [6.45, 7) is 0. The fourth-order valence-electron chi connectivity index (χ4n) is 1.64. The molecule has 0 nitrogen and oxygen atoms in total. The third-order valence-corrected chi connectivity index (χ3v) is 4.20. The van der Waals surface area contributed by atoms with E-state index in [1.807, 2.05) is 0 Å². The predicted octanol–water partition coefficient (Wildman–Crippen LogP) is 6.98. The molecule has 0 aliphatic carbocycles. The van der Waals surface area contributed by atoms with Gasteiger partial charge in [0.25, 0.3) is 0 Å². The molecule has 2 rings (SSSR count). The van der Waals surface area contributed by atoms with Crippen molar-refractivity contribution in [3.8, 4) is 0 Å². The number of rotatable bonds is 2. The normalized spacial score (nSPS) is 11.7. The van der Waals surface area contributed by atoms with Gasteiger partial charge in [-0.25, -0.2) is 0 Å². The van der Waals surface area contributed by atoms with Crippen LogP contribution in [0.2, 0.25) is 20.1 Å². The van der Waals surface area contributed by atoms with E-state index in [2.05, 4.69) is 0 Å². The van der Waals surface area contributed by atoms with Crippen LogP contribution in [0, 0.1) is 0 Å². The Morgan fingerprint density at radius 1 is 0.526 bits per heavy atom. The average molecular weight is 375 g/mol. The Balaban J connectivity index is 2.57. The van der Waals surface area contributed by atoms with Gasteiger partial charge < -0.3 is 0 Å². The van der Waals surface area contributed by atoms with Gasteiger partial charge in [-0.1, -0.05) is 69.6 Å². The Labute approximate surface area is 141 Å². The highest BCUT2D eigenvalue weighted by Crippen LogP contribution is 2.44. The summed E-state index contributed by atoms with van der Waals surface area (Å²) in [5.74, 6) is 0. The second-order valence-electron chi connectivity index (χ2n) is 3.89. The van der Waals surface area contributed by atoms with E-state index in [4.69, 9.17) is 69.6 Å². The summed E-state index contributed by atoms with van der Waals surface area (Å²) in [5, 5.41) is 1.78. The van der Waals surface area contributed by atoms with E-state index in [1.54, 1.807) is 36.4 Å². The Hall–Kier alpha value is 0.180. The van der Waals surface area contributed by atoms with Gasteiger partial charge in [0.2, 0.25) is 0 Å². The SMILES string of the molecule is Clc1cc(Cl)cc(C(Cl)(Cl)c2cc(Cl)cc(Cl)c2)c1. The molecule has 19 heavy (non-hydrogen) atoms. The van der Waals surface area contributed by atoms with Crippen molar-refractivity contribution >= 4 is 69.6 Å². The minimum absolute atomic E-state index is 0.446. The zero-order chi connectivity index (χ0) is 14.2. The number of hydrogen-bond acceptors (Lipinski definition) is 0. The quantitative estimate of drug-likeness (QED) is 0.497.